The molecule has 0 radical (unpaired) electrons. The van der Waals surface area contributed by atoms with Crippen LogP contribution in [0, 0.1) is 5.92 Å². The number of amides is 4. The summed E-state index contributed by atoms with van der Waals surface area (Å²) in [6.45, 7) is 5.71. The van der Waals surface area contributed by atoms with Crippen LogP contribution in [-0.2, 0) is 9.59 Å². The number of halogens is 1. The van der Waals surface area contributed by atoms with Gasteiger partial charge in [0.15, 0.2) is 0 Å². The molecule has 3 rings (SSSR count). The molecule has 2 saturated heterocycles. The molecule has 28 heavy (non-hydrogen) atoms. The molecule has 8 nitrogen and oxygen atoms in total. The molecule has 0 bridgehead atoms. The van der Waals surface area contributed by atoms with Crippen LogP contribution in [0.2, 0.25) is 5.02 Å². The van der Waals surface area contributed by atoms with E-state index in [0.717, 1.165) is 5.69 Å². The first kappa shape index (κ1) is 20.3. The van der Waals surface area contributed by atoms with Crippen molar-refractivity contribution in [2.75, 3.05) is 31.6 Å². The van der Waals surface area contributed by atoms with Gasteiger partial charge in [0.2, 0.25) is 5.91 Å². The smallest absolute Gasteiger partial charge is 0.322 e. The second kappa shape index (κ2) is 8.26. The van der Waals surface area contributed by atoms with Gasteiger partial charge in [-0.15, -0.1) is 0 Å². The highest BCUT2D eigenvalue weighted by Crippen LogP contribution is 2.31. The van der Waals surface area contributed by atoms with Crippen molar-refractivity contribution >= 4 is 35.1 Å². The number of carbonyl (C=O) groups excluding carboxylic acids is 3. The number of rotatable bonds is 5. The summed E-state index contributed by atoms with van der Waals surface area (Å²) in [4.78, 5) is 39.8. The summed E-state index contributed by atoms with van der Waals surface area (Å²) in [5.41, 5.74) is 0.999. The van der Waals surface area contributed by atoms with Crippen LogP contribution in [0.25, 0.3) is 0 Å². The number of methoxy groups -OCH3 is 1. The highest BCUT2D eigenvalue weighted by Gasteiger charge is 2.35. The lowest BCUT2D eigenvalue weighted by Gasteiger charge is -2.42. The number of benzene rings is 1. The number of imide groups is 1. The van der Waals surface area contributed by atoms with Gasteiger partial charge < -0.3 is 19.9 Å². The van der Waals surface area contributed by atoms with E-state index in [4.69, 9.17) is 16.3 Å². The Hall–Kier alpha value is -2.48. The molecule has 2 aliphatic heterocycles. The van der Waals surface area contributed by atoms with Gasteiger partial charge in [-0.2, -0.15) is 0 Å². The van der Waals surface area contributed by atoms with Gasteiger partial charge in [0.05, 0.1) is 12.1 Å². The number of hydrogen-bond acceptors (Lipinski definition) is 5. The number of nitrogens with one attached hydrogen (secondary N) is 2. The van der Waals surface area contributed by atoms with Crippen LogP contribution >= 0.6 is 11.6 Å². The molecule has 0 saturated carbocycles. The summed E-state index contributed by atoms with van der Waals surface area (Å²) in [6.07, 6.45) is 0.291. The highest BCUT2D eigenvalue weighted by molar-refractivity contribution is 6.32. The van der Waals surface area contributed by atoms with E-state index in [9.17, 15) is 14.4 Å². The van der Waals surface area contributed by atoms with Gasteiger partial charge in [0.1, 0.15) is 11.8 Å². The Morgan fingerprint density at radius 2 is 2.11 bits per heavy atom. The topological polar surface area (TPSA) is 91.0 Å². The number of anilines is 1. The molecule has 2 aliphatic rings. The van der Waals surface area contributed by atoms with E-state index in [-0.39, 0.29) is 23.8 Å². The maximum Gasteiger partial charge on any atom is 0.322 e. The maximum atomic E-state index is 12.8. The average Bonchev–Trinajstić information content (AvgIpc) is 2.98. The zero-order valence-corrected chi connectivity index (χ0v) is 17.0. The lowest BCUT2D eigenvalue weighted by atomic mass is 9.99. The first-order valence-electron chi connectivity index (χ1n) is 9.30. The number of ether oxygens (including phenoxy) is 1. The van der Waals surface area contributed by atoms with E-state index >= 15 is 0 Å². The second-order valence-corrected chi connectivity index (χ2v) is 7.70. The minimum Gasteiger partial charge on any atom is -0.495 e. The van der Waals surface area contributed by atoms with Gasteiger partial charge in [-0.3, -0.25) is 14.9 Å². The molecular weight excluding hydrogens is 384 g/mol. The van der Waals surface area contributed by atoms with Crippen LogP contribution in [0.15, 0.2) is 18.2 Å². The lowest BCUT2D eigenvalue weighted by Crippen LogP contribution is -2.55. The Morgan fingerprint density at radius 1 is 1.36 bits per heavy atom. The van der Waals surface area contributed by atoms with Crippen molar-refractivity contribution in [1.29, 1.82) is 0 Å². The summed E-state index contributed by atoms with van der Waals surface area (Å²) >= 11 is 6.11. The van der Waals surface area contributed by atoms with Crippen LogP contribution in [0.4, 0.5) is 10.5 Å². The number of piperazine rings is 1. The van der Waals surface area contributed by atoms with Crippen molar-refractivity contribution in [1.82, 2.24) is 15.5 Å². The van der Waals surface area contributed by atoms with Crippen molar-refractivity contribution in [2.24, 2.45) is 5.92 Å². The predicted octanol–water partition coefficient (Wildman–Crippen LogP) is 1.62. The number of urea groups is 1. The largest absolute Gasteiger partial charge is 0.495 e. The van der Waals surface area contributed by atoms with E-state index in [1.165, 1.54) is 0 Å². The molecule has 2 N–H and O–H groups in total. The first-order valence-corrected chi connectivity index (χ1v) is 9.68. The van der Waals surface area contributed by atoms with Gasteiger partial charge in [0, 0.05) is 43.3 Å². The second-order valence-electron chi connectivity index (χ2n) is 7.30. The van der Waals surface area contributed by atoms with Crippen LogP contribution in [0.3, 0.4) is 0 Å². The molecule has 2 fully saturated rings. The maximum absolute atomic E-state index is 12.8. The fraction of sp³-hybridized carbons (Fsp3) is 0.526. The van der Waals surface area contributed by atoms with Crippen molar-refractivity contribution < 1.29 is 19.1 Å². The van der Waals surface area contributed by atoms with E-state index in [1.807, 2.05) is 23.1 Å². The van der Waals surface area contributed by atoms with Crippen molar-refractivity contribution in [3.63, 3.8) is 0 Å². The zero-order chi connectivity index (χ0) is 20.4. The Morgan fingerprint density at radius 3 is 2.71 bits per heavy atom. The minimum absolute atomic E-state index is 0.00543. The molecule has 4 amide bonds. The molecule has 0 aliphatic carbocycles. The first-order chi connectivity index (χ1) is 13.3. The summed E-state index contributed by atoms with van der Waals surface area (Å²) < 4.78 is 5.30. The highest BCUT2D eigenvalue weighted by atomic mass is 35.5. The Balaban J connectivity index is 1.60. The monoisotopic (exact) mass is 408 g/mol. The Bertz CT molecular complexity index is 787. The van der Waals surface area contributed by atoms with E-state index in [2.05, 4.69) is 22.5 Å². The third-order valence-corrected chi connectivity index (χ3v) is 5.59. The van der Waals surface area contributed by atoms with E-state index in [0.29, 0.717) is 36.8 Å². The average molecular weight is 409 g/mol. The fourth-order valence-corrected chi connectivity index (χ4v) is 3.95. The van der Waals surface area contributed by atoms with Crippen LogP contribution in [0.1, 0.15) is 20.3 Å². The SMILES string of the molecule is COc1cc(N2CCN(C(=O)C(C)CC3NC(=O)NC3=O)C[C@@H]2C)ccc1Cl. The fourth-order valence-electron chi connectivity index (χ4n) is 3.76. The zero-order valence-electron chi connectivity index (χ0n) is 16.2. The summed E-state index contributed by atoms with van der Waals surface area (Å²) in [5, 5.41) is 5.30. The van der Waals surface area contributed by atoms with Gasteiger partial charge in [-0.1, -0.05) is 18.5 Å². The lowest BCUT2D eigenvalue weighted by molar-refractivity contribution is -0.136. The third kappa shape index (κ3) is 4.16. The molecule has 2 unspecified atom stereocenters. The van der Waals surface area contributed by atoms with Crippen molar-refractivity contribution in [3.05, 3.63) is 23.2 Å². The van der Waals surface area contributed by atoms with Gasteiger partial charge >= 0.3 is 6.03 Å². The third-order valence-electron chi connectivity index (χ3n) is 5.27. The number of hydrogen-bond donors (Lipinski definition) is 2. The molecule has 2 heterocycles. The molecule has 152 valence electrons. The quantitative estimate of drug-likeness (QED) is 0.722. The standard InChI is InChI=1S/C19H25ClN4O4/c1-11(8-15-17(25)22-19(27)21-15)18(26)23-6-7-24(12(2)10-23)13-4-5-14(20)16(9-13)28-3/h4-5,9,11-12,15H,6-8,10H2,1-3H3,(H2,21,22,25,27)/t11?,12-,15?/m0/s1. The summed E-state index contributed by atoms with van der Waals surface area (Å²) in [6, 6.07) is 4.62. The normalized spacial score (nSPS) is 23.3. The van der Waals surface area contributed by atoms with Gasteiger partial charge in [-0.05, 0) is 25.5 Å². The number of nitrogens with zero attached hydrogens (tertiary/aromatic N) is 2. The molecule has 0 spiro atoms. The molecule has 3 atom stereocenters. The summed E-state index contributed by atoms with van der Waals surface area (Å²) in [7, 11) is 1.58. The molecule has 9 heteroatoms. The van der Waals surface area contributed by atoms with Crippen LogP contribution < -0.4 is 20.3 Å². The Labute approximate surface area is 169 Å². The summed E-state index contributed by atoms with van der Waals surface area (Å²) in [5.74, 6) is -0.118. The Kier molecular flexibility index (Phi) is 5.98. The number of carbonyl (C=O) groups is 3. The van der Waals surface area contributed by atoms with Gasteiger partial charge in [0.25, 0.3) is 5.91 Å². The van der Waals surface area contributed by atoms with Crippen LogP contribution in [0.5, 0.6) is 5.75 Å². The molecule has 0 aromatic heterocycles. The van der Waals surface area contributed by atoms with Crippen molar-refractivity contribution in [2.45, 2.75) is 32.4 Å². The minimum atomic E-state index is -0.647. The van der Waals surface area contributed by atoms with Crippen LogP contribution in [-0.4, -0.2) is 61.6 Å². The van der Waals surface area contributed by atoms with E-state index < -0.39 is 12.1 Å². The predicted molar refractivity (Wildman–Crippen MR) is 106 cm³/mol. The van der Waals surface area contributed by atoms with E-state index in [1.54, 1.807) is 14.0 Å². The van der Waals surface area contributed by atoms with Crippen molar-refractivity contribution in [3.8, 4) is 5.75 Å². The molecule has 1 aromatic rings. The van der Waals surface area contributed by atoms with Gasteiger partial charge in [-0.25, -0.2) is 4.79 Å². The molecular formula is C19H25ClN4O4. The molecule has 1 aromatic carbocycles.